The van der Waals surface area contributed by atoms with Gasteiger partial charge in [-0.1, -0.05) is 0 Å². The third-order valence-corrected chi connectivity index (χ3v) is 3.64. The smallest absolute Gasteiger partial charge is 1.00 e. The molecule has 16 nitrogen and oxygen atoms in total. The van der Waals surface area contributed by atoms with Gasteiger partial charge >= 0.3 is 89.0 Å². The number of ether oxygens (including phenoxy) is 1. The Hall–Kier alpha value is -1.47. The van der Waals surface area contributed by atoms with Crippen LogP contribution in [0.5, 0.6) is 0 Å². The molecule has 8 N–H and O–H groups in total. The van der Waals surface area contributed by atoms with E-state index in [2.05, 4.69) is 4.74 Å². The zero-order chi connectivity index (χ0) is 25.0. The first-order chi connectivity index (χ1) is 14.8. The van der Waals surface area contributed by atoms with Gasteiger partial charge in [-0.3, -0.25) is 29.0 Å². The van der Waals surface area contributed by atoms with Gasteiger partial charge in [0.1, 0.15) is 6.10 Å². The number of aliphatic carboxylic acids is 4. The van der Waals surface area contributed by atoms with Crippen molar-refractivity contribution in [1.82, 2.24) is 9.80 Å². The van der Waals surface area contributed by atoms with Gasteiger partial charge in [0.25, 0.3) is 0 Å². The van der Waals surface area contributed by atoms with Crippen LogP contribution in [0.1, 0.15) is 2.85 Å². The molecule has 0 saturated heterocycles. The third-order valence-electron chi connectivity index (χ3n) is 3.64. The largest absolute Gasteiger partial charge is 1.00 e. The summed E-state index contributed by atoms with van der Waals surface area (Å²) in [5, 5.41) is 69.5. The van der Waals surface area contributed by atoms with Crippen LogP contribution in [0.4, 0.5) is 0 Å². The van der Waals surface area contributed by atoms with Crippen molar-refractivity contribution >= 4 is 29.8 Å². The number of hydrogen-bond acceptors (Lipinski definition) is 12. The van der Waals surface area contributed by atoms with Crippen molar-refractivity contribution in [3.05, 3.63) is 11.5 Å². The van der Waals surface area contributed by atoms with E-state index in [-0.39, 0.29) is 75.1 Å². The summed E-state index contributed by atoms with van der Waals surface area (Å²) in [4.78, 5) is 54.9. The summed E-state index contributed by atoms with van der Waals surface area (Å²) in [6.07, 6.45) is -2.78. The number of rotatable bonds is 13. The molecule has 2 atom stereocenters. The minimum atomic E-state index is -1.42. The number of carbonyl (C=O) groups excluding carboxylic acids is 1. The molecule has 1 aliphatic rings. The molecule has 0 aliphatic carbocycles. The van der Waals surface area contributed by atoms with Crippen LogP contribution in [-0.4, -0.2) is 139 Å². The van der Waals surface area contributed by atoms with Crippen molar-refractivity contribution < 1.29 is 132 Å². The topological polar surface area (TPSA) is 263 Å². The fraction of sp³-hybridized carbons (Fsp3) is 0.562. The fourth-order valence-electron chi connectivity index (χ4n) is 2.30. The molecule has 0 radical (unpaired) electrons. The van der Waals surface area contributed by atoms with Crippen molar-refractivity contribution in [2.75, 3.05) is 45.9 Å². The Bertz CT molecular complexity index is 690. The van der Waals surface area contributed by atoms with E-state index in [1.807, 2.05) is 0 Å². The average molecular weight is 516 g/mol. The molecule has 0 aromatic rings. The van der Waals surface area contributed by atoms with Gasteiger partial charge in [-0.15, -0.1) is 0 Å². The molecule has 0 amide bonds. The molecule has 1 aliphatic heterocycles. The number of carboxylic acids is 4. The molecule has 0 bridgehead atoms. The zero-order valence-electron chi connectivity index (χ0n) is 20.5. The maximum Gasteiger partial charge on any atom is 1.00 e. The first-order valence-corrected chi connectivity index (χ1v) is 8.72. The number of aliphatic hydroxyl groups excluding tert-OH is 4. The van der Waals surface area contributed by atoms with E-state index >= 15 is 0 Å². The minimum Gasteiger partial charge on any atom is -1.00 e. The summed E-state index contributed by atoms with van der Waals surface area (Å²) in [5.41, 5.74) is 0. The number of carboxylic acid groups (broad SMARTS) is 4. The van der Waals surface area contributed by atoms with Crippen molar-refractivity contribution in [2.24, 2.45) is 0 Å². The summed E-state index contributed by atoms with van der Waals surface area (Å²) in [6.45, 7) is -2.92. The van der Waals surface area contributed by atoms with Crippen LogP contribution in [0.3, 0.4) is 0 Å². The summed E-state index contributed by atoms with van der Waals surface area (Å²) in [6, 6.07) is 0. The molecule has 0 saturated carbocycles. The van der Waals surface area contributed by atoms with Crippen molar-refractivity contribution in [3.63, 3.8) is 0 Å². The van der Waals surface area contributed by atoms with Gasteiger partial charge < -0.3 is 48.4 Å². The van der Waals surface area contributed by atoms with E-state index in [4.69, 9.17) is 40.9 Å². The van der Waals surface area contributed by atoms with Crippen LogP contribution in [0, 0.1) is 0 Å². The van der Waals surface area contributed by atoms with Crippen molar-refractivity contribution in [1.29, 1.82) is 0 Å². The minimum absolute atomic E-state index is 0. The molecular formula is C16H26N2Na2O14. The maximum absolute atomic E-state index is 10.6. The molecule has 0 fully saturated rings. The summed E-state index contributed by atoms with van der Waals surface area (Å²) in [7, 11) is 0. The second kappa shape index (κ2) is 18.8. The van der Waals surface area contributed by atoms with Gasteiger partial charge in [0.2, 0.25) is 5.76 Å². The first kappa shape index (κ1) is 37.1. The first-order valence-electron chi connectivity index (χ1n) is 8.72. The van der Waals surface area contributed by atoms with E-state index in [1.165, 1.54) is 0 Å². The number of carbonyl (C=O) groups is 5. The average Bonchev–Trinajstić information content (AvgIpc) is 2.91. The normalized spacial score (nSPS) is 15.4. The Morgan fingerprint density at radius 3 is 1.35 bits per heavy atom. The molecular weight excluding hydrogens is 490 g/mol. The Labute approximate surface area is 239 Å². The summed E-state index contributed by atoms with van der Waals surface area (Å²) >= 11 is 0. The van der Waals surface area contributed by atoms with Gasteiger partial charge in [-0.2, -0.15) is 0 Å². The molecule has 34 heavy (non-hydrogen) atoms. The van der Waals surface area contributed by atoms with Crippen LogP contribution < -0.4 is 59.1 Å². The number of esters is 1. The second-order valence-corrected chi connectivity index (χ2v) is 6.31. The van der Waals surface area contributed by atoms with E-state index in [9.17, 15) is 24.0 Å². The molecule has 18 heteroatoms. The van der Waals surface area contributed by atoms with E-state index in [0.717, 1.165) is 9.80 Å². The zero-order valence-corrected chi connectivity index (χ0v) is 22.5. The summed E-state index contributed by atoms with van der Waals surface area (Å²) in [5.74, 6) is -7.69. The monoisotopic (exact) mass is 516 g/mol. The second-order valence-electron chi connectivity index (χ2n) is 6.31. The van der Waals surface area contributed by atoms with Crippen LogP contribution in [0.25, 0.3) is 0 Å². The maximum atomic E-state index is 10.6. The van der Waals surface area contributed by atoms with E-state index in [1.54, 1.807) is 0 Å². The molecule has 0 spiro atoms. The quantitative estimate of drug-likeness (QED) is 0.0834. The van der Waals surface area contributed by atoms with Crippen LogP contribution in [0.15, 0.2) is 11.5 Å². The third kappa shape index (κ3) is 15.4. The molecule has 0 unspecified atom stereocenters. The van der Waals surface area contributed by atoms with Gasteiger partial charge in [-0.25, -0.2) is 4.79 Å². The predicted octanol–water partition coefficient (Wildman–Crippen LogP) is -9.25. The Balaban J connectivity index is -0.000000174. The van der Waals surface area contributed by atoms with Gasteiger partial charge in [-0.05, 0) is 0 Å². The summed E-state index contributed by atoms with van der Waals surface area (Å²) < 4.78 is 4.32. The molecule has 1 rings (SSSR count). The Morgan fingerprint density at radius 2 is 1.15 bits per heavy atom. The molecule has 1 heterocycles. The predicted molar refractivity (Wildman–Crippen MR) is 101 cm³/mol. The van der Waals surface area contributed by atoms with Crippen LogP contribution in [0.2, 0.25) is 0 Å². The van der Waals surface area contributed by atoms with Gasteiger partial charge in [0.15, 0.2) is 11.9 Å². The fourth-order valence-corrected chi connectivity index (χ4v) is 2.30. The SMILES string of the molecule is O=C(O)CN(CCN(CC(=O)O)CC(=O)O)CC(=O)O.O=C1O[C@H]([C@@H](O)CO)C(O)=C1O.[H-].[H-].[Na+].[Na+]. The number of cyclic esters (lactones) is 1. The van der Waals surface area contributed by atoms with E-state index in [0.29, 0.717) is 0 Å². The Morgan fingerprint density at radius 1 is 0.824 bits per heavy atom. The molecule has 0 aromatic heterocycles. The van der Waals surface area contributed by atoms with E-state index < -0.39 is 86.4 Å². The van der Waals surface area contributed by atoms with Crippen LogP contribution in [-0.2, 0) is 28.7 Å². The van der Waals surface area contributed by atoms with Crippen LogP contribution >= 0.6 is 0 Å². The number of hydrogen-bond donors (Lipinski definition) is 8. The molecule has 0 aromatic carbocycles. The van der Waals surface area contributed by atoms with Crippen molar-refractivity contribution in [3.8, 4) is 0 Å². The molecule has 186 valence electrons. The van der Waals surface area contributed by atoms with Gasteiger partial charge in [0.05, 0.1) is 32.8 Å². The number of aliphatic hydroxyl groups is 4. The Kier molecular flexibility index (Phi) is 20.5. The standard InChI is InChI=1S/C10H16N2O8.C6H8O6.2Na.2H/c13-7(14)3-11(4-8(15)16)1-2-12(5-9(17)18)6-10(19)20;7-1-2(8)5-3(9)4(10)6(11)12-5;;;;/h1-6H2,(H,13,14)(H,15,16)(H,17,18)(H,19,20);2,5,7-10H,1H2;;;;/q;;2*+1;2*-1/t;2-,5+;;;;/m.0..../s1. The van der Waals surface area contributed by atoms with Gasteiger partial charge in [0, 0.05) is 13.1 Å². The van der Waals surface area contributed by atoms with Crippen molar-refractivity contribution in [2.45, 2.75) is 12.2 Å². The number of nitrogens with zero attached hydrogens (tertiary/aromatic N) is 2.